The van der Waals surface area contributed by atoms with Gasteiger partial charge in [-0.3, -0.25) is 0 Å². The van der Waals surface area contributed by atoms with Crippen LogP contribution in [0.4, 0.5) is 0 Å². The molecule has 3 aromatic rings. The maximum atomic E-state index is 9.79. The van der Waals surface area contributed by atoms with Gasteiger partial charge in [-0.25, -0.2) is 4.98 Å². The summed E-state index contributed by atoms with van der Waals surface area (Å²) in [5.41, 5.74) is 4.48. The smallest absolute Gasteiger partial charge is 0.160 e. The summed E-state index contributed by atoms with van der Waals surface area (Å²) in [5.74, 6) is 0.614. The number of nitrogens with zero attached hydrogens (tertiary/aromatic N) is 1. The van der Waals surface area contributed by atoms with Gasteiger partial charge in [0.15, 0.2) is 11.5 Å². The van der Waals surface area contributed by atoms with Gasteiger partial charge in [-0.1, -0.05) is 12.1 Å². The molecule has 0 bridgehead atoms. The number of aromatic hydroxyl groups is 1. The fourth-order valence-electron chi connectivity index (χ4n) is 2.25. The normalized spacial score (nSPS) is 11.4. The molecular weight excluding hydrogens is 294 g/mol. The number of hydrogen-bond acceptors (Lipinski definition) is 4. The molecule has 0 spiro atoms. The summed E-state index contributed by atoms with van der Waals surface area (Å²) in [6.45, 7) is 4.22. The second kappa shape index (κ2) is 5.81. The summed E-state index contributed by atoms with van der Waals surface area (Å²) in [4.78, 5) is 4.63. The number of aromatic nitrogens is 1. The number of aryl methyl sites for hydroxylation is 2. The molecule has 1 heterocycles. The number of benzene rings is 2. The summed E-state index contributed by atoms with van der Waals surface area (Å²) in [7, 11) is 1.54. The first kappa shape index (κ1) is 14.6. The number of fused-ring (bicyclic) bond motifs is 1. The molecule has 0 aliphatic heterocycles. The second-order valence-corrected chi connectivity index (χ2v) is 6.28. The fourth-order valence-corrected chi connectivity index (χ4v) is 3.20. The van der Waals surface area contributed by atoms with Gasteiger partial charge in [0.25, 0.3) is 0 Å². The van der Waals surface area contributed by atoms with Crippen molar-refractivity contribution in [1.29, 1.82) is 0 Å². The van der Waals surface area contributed by atoms with Gasteiger partial charge >= 0.3 is 0 Å². The minimum atomic E-state index is 0.139. The molecule has 0 amide bonds. The van der Waals surface area contributed by atoms with Crippen molar-refractivity contribution < 1.29 is 9.84 Å². The molecule has 0 saturated heterocycles. The average molecular weight is 311 g/mol. The number of ether oxygens (including phenoxy) is 1. The minimum absolute atomic E-state index is 0.139. The standard InChI is InChI=1S/C18H17NO2S/c1-11-8-14-17(9-12(11)2)22-18(19-14)7-5-13-4-6-16(21-3)15(20)10-13/h4-10,20H,1-3H3/b7-5+. The van der Waals surface area contributed by atoms with Gasteiger partial charge in [0.05, 0.1) is 17.3 Å². The summed E-state index contributed by atoms with van der Waals surface area (Å²) in [6.07, 6.45) is 3.91. The Kier molecular flexibility index (Phi) is 3.86. The molecule has 1 N–H and O–H groups in total. The maximum absolute atomic E-state index is 9.79. The lowest BCUT2D eigenvalue weighted by Gasteiger charge is -2.02. The molecule has 22 heavy (non-hydrogen) atoms. The molecule has 0 atom stereocenters. The Morgan fingerprint density at radius 1 is 1.09 bits per heavy atom. The van der Waals surface area contributed by atoms with Crippen LogP contribution in [0.2, 0.25) is 0 Å². The van der Waals surface area contributed by atoms with E-state index in [0.717, 1.165) is 16.1 Å². The van der Waals surface area contributed by atoms with E-state index >= 15 is 0 Å². The summed E-state index contributed by atoms with van der Waals surface area (Å²) >= 11 is 1.67. The lowest BCUT2D eigenvalue weighted by molar-refractivity contribution is 0.373. The Bertz CT molecular complexity index is 826. The van der Waals surface area contributed by atoms with Crippen molar-refractivity contribution >= 4 is 33.7 Å². The topological polar surface area (TPSA) is 42.4 Å². The average Bonchev–Trinajstić information content (AvgIpc) is 2.87. The third-order valence-corrected chi connectivity index (χ3v) is 4.63. The van der Waals surface area contributed by atoms with Gasteiger partial charge in [-0.05, 0) is 60.9 Å². The van der Waals surface area contributed by atoms with E-state index in [9.17, 15) is 5.11 Å². The molecule has 0 unspecified atom stereocenters. The third-order valence-electron chi connectivity index (χ3n) is 3.64. The maximum Gasteiger partial charge on any atom is 0.160 e. The SMILES string of the molecule is COc1ccc(/C=C/c2nc3cc(C)c(C)cc3s2)cc1O. The van der Waals surface area contributed by atoms with Gasteiger partial charge in [0.1, 0.15) is 5.01 Å². The monoisotopic (exact) mass is 311 g/mol. The van der Waals surface area contributed by atoms with E-state index in [1.165, 1.54) is 22.9 Å². The fraction of sp³-hybridized carbons (Fsp3) is 0.167. The Balaban J connectivity index is 1.90. The predicted octanol–water partition coefficient (Wildman–Crippen LogP) is 4.80. The molecule has 0 saturated carbocycles. The van der Waals surface area contributed by atoms with Crippen LogP contribution in [0.15, 0.2) is 30.3 Å². The molecule has 1 aromatic heterocycles. The molecule has 0 radical (unpaired) electrons. The number of phenols is 1. The molecule has 0 aliphatic carbocycles. The first-order valence-electron chi connectivity index (χ1n) is 6.99. The molecule has 3 nitrogen and oxygen atoms in total. The summed E-state index contributed by atoms with van der Waals surface area (Å²) in [5, 5.41) is 10.7. The van der Waals surface area contributed by atoms with Crippen molar-refractivity contribution in [1.82, 2.24) is 4.98 Å². The number of hydrogen-bond donors (Lipinski definition) is 1. The molecular formula is C18H17NO2S. The Morgan fingerprint density at radius 3 is 2.59 bits per heavy atom. The molecule has 3 rings (SSSR count). The van der Waals surface area contributed by atoms with E-state index in [4.69, 9.17) is 4.74 Å². The lowest BCUT2D eigenvalue weighted by Crippen LogP contribution is -1.83. The molecule has 0 aliphatic rings. The highest BCUT2D eigenvalue weighted by Crippen LogP contribution is 2.29. The second-order valence-electron chi connectivity index (χ2n) is 5.22. The Morgan fingerprint density at radius 2 is 1.86 bits per heavy atom. The van der Waals surface area contributed by atoms with E-state index in [1.807, 2.05) is 18.2 Å². The van der Waals surface area contributed by atoms with Crippen LogP contribution in [0, 0.1) is 13.8 Å². The van der Waals surface area contributed by atoms with E-state index < -0.39 is 0 Å². The van der Waals surface area contributed by atoms with Gasteiger partial charge in [0, 0.05) is 0 Å². The van der Waals surface area contributed by atoms with Crippen LogP contribution in [0.3, 0.4) is 0 Å². The molecule has 112 valence electrons. The van der Waals surface area contributed by atoms with Gasteiger partial charge in [0.2, 0.25) is 0 Å². The van der Waals surface area contributed by atoms with E-state index in [2.05, 4.69) is 31.0 Å². The lowest BCUT2D eigenvalue weighted by atomic mass is 10.1. The number of phenolic OH excluding ortho intramolecular Hbond substituents is 1. The number of rotatable bonds is 3. The predicted molar refractivity (Wildman–Crippen MR) is 92.7 cm³/mol. The first-order valence-corrected chi connectivity index (χ1v) is 7.81. The molecule has 0 fully saturated rings. The van der Waals surface area contributed by atoms with Crippen molar-refractivity contribution in [2.75, 3.05) is 7.11 Å². The number of methoxy groups -OCH3 is 1. The first-order chi connectivity index (χ1) is 10.6. The van der Waals surface area contributed by atoms with E-state index in [1.54, 1.807) is 23.5 Å². The van der Waals surface area contributed by atoms with Crippen molar-refractivity contribution in [3.63, 3.8) is 0 Å². The highest BCUT2D eigenvalue weighted by Gasteiger charge is 2.04. The van der Waals surface area contributed by atoms with Crippen LogP contribution < -0.4 is 4.74 Å². The van der Waals surface area contributed by atoms with Crippen molar-refractivity contribution in [2.45, 2.75) is 13.8 Å². The zero-order valence-corrected chi connectivity index (χ0v) is 13.6. The zero-order valence-electron chi connectivity index (χ0n) is 12.8. The van der Waals surface area contributed by atoms with Crippen LogP contribution in [0.25, 0.3) is 22.4 Å². The van der Waals surface area contributed by atoms with Crippen LogP contribution in [0.1, 0.15) is 21.7 Å². The van der Waals surface area contributed by atoms with Crippen LogP contribution in [-0.4, -0.2) is 17.2 Å². The van der Waals surface area contributed by atoms with E-state index in [0.29, 0.717) is 5.75 Å². The Labute approximate surface area is 133 Å². The quantitative estimate of drug-likeness (QED) is 0.755. The third kappa shape index (κ3) is 2.83. The van der Waals surface area contributed by atoms with Crippen LogP contribution in [0.5, 0.6) is 11.5 Å². The molecule has 4 heteroatoms. The summed E-state index contributed by atoms with van der Waals surface area (Å²) < 4.78 is 6.24. The highest BCUT2D eigenvalue weighted by atomic mass is 32.1. The van der Waals surface area contributed by atoms with Crippen LogP contribution >= 0.6 is 11.3 Å². The largest absolute Gasteiger partial charge is 0.504 e. The zero-order chi connectivity index (χ0) is 15.7. The minimum Gasteiger partial charge on any atom is -0.504 e. The van der Waals surface area contributed by atoms with Crippen molar-refractivity contribution in [3.8, 4) is 11.5 Å². The Hall–Kier alpha value is -2.33. The van der Waals surface area contributed by atoms with Gasteiger partial charge in [-0.15, -0.1) is 11.3 Å². The van der Waals surface area contributed by atoms with Crippen molar-refractivity contribution in [3.05, 3.63) is 52.0 Å². The van der Waals surface area contributed by atoms with Crippen LogP contribution in [-0.2, 0) is 0 Å². The highest BCUT2D eigenvalue weighted by molar-refractivity contribution is 7.19. The summed E-state index contributed by atoms with van der Waals surface area (Å²) in [6, 6.07) is 9.63. The van der Waals surface area contributed by atoms with Gasteiger partial charge in [-0.2, -0.15) is 0 Å². The molecule has 2 aromatic carbocycles. The van der Waals surface area contributed by atoms with Gasteiger partial charge < -0.3 is 9.84 Å². The van der Waals surface area contributed by atoms with E-state index in [-0.39, 0.29) is 5.75 Å². The number of thiazole rings is 1. The van der Waals surface area contributed by atoms with Crippen molar-refractivity contribution in [2.24, 2.45) is 0 Å².